The summed E-state index contributed by atoms with van der Waals surface area (Å²) in [6.07, 6.45) is 3.64. The summed E-state index contributed by atoms with van der Waals surface area (Å²) in [4.78, 5) is 0. The minimum atomic E-state index is -0.951. The lowest BCUT2D eigenvalue weighted by Gasteiger charge is -2.18. The van der Waals surface area contributed by atoms with Gasteiger partial charge in [-0.15, -0.1) is 0 Å². The quantitative estimate of drug-likeness (QED) is 0.852. The molecule has 19 heavy (non-hydrogen) atoms. The molecule has 0 aromatic heterocycles. The minimum Gasteiger partial charge on any atom is -0.496 e. The minimum absolute atomic E-state index is 0.243. The average Bonchev–Trinajstić information content (AvgIpc) is 2.57. The van der Waals surface area contributed by atoms with Crippen LogP contribution in [0.25, 0.3) is 16.8 Å². The van der Waals surface area contributed by atoms with E-state index in [2.05, 4.69) is 0 Å². The summed E-state index contributed by atoms with van der Waals surface area (Å²) in [5.41, 5.74) is -0.0267. The lowest BCUT2D eigenvalue weighted by atomic mass is 10.0. The number of hydrogen-bond donors (Lipinski definition) is 1. The molecule has 1 aliphatic heterocycles. The van der Waals surface area contributed by atoms with Gasteiger partial charge in [0.05, 0.1) is 7.11 Å². The van der Waals surface area contributed by atoms with Crippen molar-refractivity contribution in [3.63, 3.8) is 0 Å². The lowest BCUT2D eigenvalue weighted by molar-refractivity contribution is 0.0572. The number of hydrogen-bond acceptors (Lipinski definition) is 3. The maximum atomic E-state index is 10.1. The Kier molecular flexibility index (Phi) is 2.72. The second kappa shape index (κ2) is 4.28. The molecule has 1 N–H and O–H groups in total. The first kappa shape index (κ1) is 12.1. The fourth-order valence-corrected chi connectivity index (χ4v) is 2.33. The highest BCUT2D eigenvalue weighted by molar-refractivity contribution is 5.96. The molecule has 0 saturated heterocycles. The lowest BCUT2D eigenvalue weighted by Crippen LogP contribution is -2.28. The van der Waals surface area contributed by atoms with Crippen LogP contribution < -0.4 is 9.47 Å². The summed E-state index contributed by atoms with van der Waals surface area (Å²) < 4.78 is 11.2. The third-order valence-electron chi connectivity index (χ3n) is 3.34. The van der Waals surface area contributed by atoms with Crippen molar-refractivity contribution in [2.24, 2.45) is 0 Å². The van der Waals surface area contributed by atoms with Crippen LogP contribution in [0.4, 0.5) is 0 Å². The van der Waals surface area contributed by atoms with Crippen molar-refractivity contribution < 1.29 is 14.6 Å². The highest BCUT2D eigenvalue weighted by Crippen LogP contribution is 2.39. The molecule has 0 amide bonds. The zero-order chi connectivity index (χ0) is 13.5. The Balaban J connectivity index is 2.28. The normalized spacial score (nSPS) is 21.6. The molecule has 0 saturated carbocycles. The summed E-state index contributed by atoms with van der Waals surface area (Å²) in [6.45, 7) is 1.97. The zero-order valence-corrected chi connectivity index (χ0v) is 11.0. The van der Waals surface area contributed by atoms with Crippen LogP contribution in [0, 0.1) is 0 Å². The summed E-state index contributed by atoms with van der Waals surface area (Å²) in [6, 6.07) is 9.89. The van der Waals surface area contributed by atoms with E-state index in [1.54, 1.807) is 20.1 Å². The number of fused-ring (bicyclic) bond motifs is 3. The van der Waals surface area contributed by atoms with E-state index in [0.29, 0.717) is 0 Å². The second-order valence-electron chi connectivity index (χ2n) is 5.02. The van der Waals surface area contributed by atoms with Crippen LogP contribution in [0.2, 0.25) is 0 Å². The second-order valence-corrected chi connectivity index (χ2v) is 5.02. The topological polar surface area (TPSA) is 38.7 Å². The predicted molar refractivity (Wildman–Crippen MR) is 75.7 cm³/mol. The van der Waals surface area contributed by atoms with Crippen LogP contribution in [0.5, 0.6) is 11.5 Å². The molecule has 98 valence electrons. The Morgan fingerprint density at radius 2 is 2.00 bits per heavy atom. The third kappa shape index (κ3) is 2.06. The van der Waals surface area contributed by atoms with E-state index in [4.69, 9.17) is 9.47 Å². The molecule has 2 aromatic carbocycles. The largest absolute Gasteiger partial charge is 0.496 e. The van der Waals surface area contributed by atoms with Gasteiger partial charge in [-0.25, -0.2) is 0 Å². The highest BCUT2D eigenvalue weighted by Gasteiger charge is 2.23. The first-order valence-electron chi connectivity index (χ1n) is 6.25. The van der Waals surface area contributed by atoms with Crippen molar-refractivity contribution >= 4 is 16.8 Å². The number of rotatable bonds is 1. The molecular formula is C16H16O3. The third-order valence-corrected chi connectivity index (χ3v) is 3.34. The average molecular weight is 256 g/mol. The molecule has 3 nitrogen and oxygen atoms in total. The van der Waals surface area contributed by atoms with E-state index in [1.165, 1.54) is 0 Å². The van der Waals surface area contributed by atoms with Gasteiger partial charge in [0.25, 0.3) is 0 Å². The number of benzene rings is 2. The van der Waals surface area contributed by atoms with Gasteiger partial charge in [0.15, 0.2) is 0 Å². The highest BCUT2D eigenvalue weighted by atomic mass is 16.5. The van der Waals surface area contributed by atoms with Gasteiger partial charge >= 0.3 is 0 Å². The molecule has 0 bridgehead atoms. The monoisotopic (exact) mass is 256 g/mol. The van der Waals surface area contributed by atoms with Crippen molar-refractivity contribution in [2.45, 2.75) is 12.5 Å². The van der Waals surface area contributed by atoms with Gasteiger partial charge < -0.3 is 14.6 Å². The van der Waals surface area contributed by atoms with Crippen LogP contribution in [0.3, 0.4) is 0 Å². The zero-order valence-electron chi connectivity index (χ0n) is 11.0. The molecule has 3 rings (SSSR count). The van der Waals surface area contributed by atoms with E-state index < -0.39 is 5.60 Å². The molecule has 0 fully saturated rings. The predicted octanol–water partition coefficient (Wildman–Crippen LogP) is 3.01. The Bertz CT molecular complexity index is 656. The smallest absolute Gasteiger partial charge is 0.134 e. The van der Waals surface area contributed by atoms with Crippen LogP contribution in [-0.2, 0) is 0 Å². The summed E-state index contributed by atoms with van der Waals surface area (Å²) in [7, 11) is 1.66. The fourth-order valence-electron chi connectivity index (χ4n) is 2.33. The molecule has 1 unspecified atom stereocenters. The van der Waals surface area contributed by atoms with E-state index in [0.717, 1.165) is 27.8 Å². The van der Waals surface area contributed by atoms with Crippen LogP contribution in [0.15, 0.2) is 36.4 Å². The molecule has 2 aromatic rings. The van der Waals surface area contributed by atoms with E-state index in [-0.39, 0.29) is 6.61 Å². The molecule has 0 spiro atoms. The summed E-state index contributed by atoms with van der Waals surface area (Å²) >= 11 is 0. The van der Waals surface area contributed by atoms with Gasteiger partial charge in [-0.05, 0) is 19.1 Å². The SMILES string of the molecule is COc1cc2c(c3ccccc13)OCC(C)(O)C=C2. The van der Waals surface area contributed by atoms with Crippen molar-refractivity contribution in [2.75, 3.05) is 13.7 Å². The van der Waals surface area contributed by atoms with E-state index >= 15 is 0 Å². The molecule has 1 aliphatic rings. The van der Waals surface area contributed by atoms with Gasteiger partial charge in [0.2, 0.25) is 0 Å². The van der Waals surface area contributed by atoms with E-state index in [1.807, 2.05) is 36.4 Å². The van der Waals surface area contributed by atoms with E-state index in [9.17, 15) is 5.11 Å². The first-order valence-corrected chi connectivity index (χ1v) is 6.25. The van der Waals surface area contributed by atoms with Crippen molar-refractivity contribution in [3.8, 4) is 11.5 Å². The van der Waals surface area contributed by atoms with Crippen LogP contribution in [-0.4, -0.2) is 24.4 Å². The van der Waals surface area contributed by atoms with Gasteiger partial charge in [0, 0.05) is 16.3 Å². The van der Waals surface area contributed by atoms with Gasteiger partial charge in [-0.3, -0.25) is 0 Å². The molecule has 1 heterocycles. The fraction of sp³-hybridized carbons (Fsp3) is 0.250. The summed E-state index contributed by atoms with van der Waals surface area (Å²) in [5.74, 6) is 1.61. The van der Waals surface area contributed by atoms with Gasteiger partial charge in [-0.2, -0.15) is 0 Å². The van der Waals surface area contributed by atoms with Crippen LogP contribution >= 0.6 is 0 Å². The number of ether oxygens (including phenoxy) is 2. The molecular weight excluding hydrogens is 240 g/mol. The number of aliphatic hydroxyl groups is 1. The number of methoxy groups -OCH3 is 1. The Morgan fingerprint density at radius 3 is 2.74 bits per heavy atom. The maximum Gasteiger partial charge on any atom is 0.134 e. The molecule has 3 heteroatoms. The molecule has 0 radical (unpaired) electrons. The molecule has 1 atom stereocenters. The Hall–Kier alpha value is -2.00. The van der Waals surface area contributed by atoms with Gasteiger partial charge in [0.1, 0.15) is 23.7 Å². The van der Waals surface area contributed by atoms with Crippen LogP contribution in [0.1, 0.15) is 12.5 Å². The Labute approximate surface area is 112 Å². The maximum absolute atomic E-state index is 10.1. The first-order chi connectivity index (χ1) is 9.11. The summed E-state index contributed by atoms with van der Waals surface area (Å²) in [5, 5.41) is 12.1. The molecule has 0 aliphatic carbocycles. The van der Waals surface area contributed by atoms with Crippen molar-refractivity contribution in [1.82, 2.24) is 0 Å². The van der Waals surface area contributed by atoms with Gasteiger partial charge in [-0.1, -0.05) is 30.3 Å². The Morgan fingerprint density at radius 1 is 1.26 bits per heavy atom. The van der Waals surface area contributed by atoms with Crippen molar-refractivity contribution in [3.05, 3.63) is 42.0 Å². The standard InChI is InChI=1S/C16H16O3/c1-16(17)8-7-11-9-14(18-2)12-5-3-4-6-13(12)15(11)19-10-16/h3-9,17H,10H2,1-2H3. The van der Waals surface area contributed by atoms with Crippen molar-refractivity contribution in [1.29, 1.82) is 0 Å².